The van der Waals surface area contributed by atoms with E-state index in [4.69, 9.17) is 9.84 Å². The van der Waals surface area contributed by atoms with Crippen molar-refractivity contribution in [1.29, 1.82) is 0 Å². The Hall–Kier alpha value is -1.16. The Morgan fingerprint density at radius 2 is 2.06 bits per heavy atom. The Morgan fingerprint density at radius 1 is 1.28 bits per heavy atom. The van der Waals surface area contributed by atoms with Crippen LogP contribution in [0.1, 0.15) is 38.5 Å². The van der Waals surface area contributed by atoms with Crippen molar-refractivity contribution in [3.8, 4) is 0 Å². The predicted molar refractivity (Wildman–Crippen MR) is 66.2 cm³/mol. The summed E-state index contributed by atoms with van der Waals surface area (Å²) < 4.78 is 5.76. The predicted octanol–water partition coefficient (Wildman–Crippen LogP) is 2.18. The van der Waals surface area contributed by atoms with Crippen molar-refractivity contribution in [2.45, 2.75) is 50.7 Å². The molecule has 0 amide bonds. The number of hydrogen-bond acceptors (Lipinski definition) is 3. The lowest BCUT2D eigenvalue weighted by Gasteiger charge is -2.22. The highest BCUT2D eigenvalue weighted by molar-refractivity contribution is 5.66. The molecule has 0 aromatic rings. The second-order valence-electron chi connectivity index (χ2n) is 5.16. The average Bonchev–Trinajstić information content (AvgIpc) is 2.93. The Bertz CT molecular complexity index is 337. The molecule has 4 nitrogen and oxygen atoms in total. The molecule has 0 aromatic carbocycles. The van der Waals surface area contributed by atoms with Crippen LogP contribution in [0, 0.1) is 11.8 Å². The number of hydrogen-bond donors (Lipinski definition) is 1. The molecule has 100 valence electrons. The zero-order valence-corrected chi connectivity index (χ0v) is 10.5. The van der Waals surface area contributed by atoms with Gasteiger partial charge in [-0.1, -0.05) is 12.2 Å². The van der Waals surface area contributed by atoms with Crippen LogP contribution in [-0.4, -0.2) is 29.6 Å². The molecule has 0 saturated carbocycles. The number of allylic oxidation sites excluding steroid dienone is 2. The zero-order valence-electron chi connectivity index (χ0n) is 10.5. The van der Waals surface area contributed by atoms with E-state index in [1.165, 1.54) is 0 Å². The van der Waals surface area contributed by atoms with Crippen molar-refractivity contribution in [3.63, 3.8) is 0 Å². The minimum atomic E-state index is -0.745. The Balaban J connectivity index is 1.71. The van der Waals surface area contributed by atoms with Gasteiger partial charge < -0.3 is 14.6 Å². The van der Waals surface area contributed by atoms with Crippen LogP contribution in [0.3, 0.4) is 0 Å². The van der Waals surface area contributed by atoms with Crippen LogP contribution in [0.5, 0.6) is 0 Å². The molecular formula is C14H20O4. The van der Waals surface area contributed by atoms with Gasteiger partial charge >= 0.3 is 5.97 Å². The molecule has 4 atom stereocenters. The van der Waals surface area contributed by atoms with E-state index in [0.717, 1.165) is 32.0 Å². The van der Waals surface area contributed by atoms with Crippen LogP contribution in [0.4, 0.5) is 0 Å². The third-order valence-electron chi connectivity index (χ3n) is 3.98. The van der Waals surface area contributed by atoms with Crippen LogP contribution in [0.15, 0.2) is 12.2 Å². The van der Waals surface area contributed by atoms with Crippen LogP contribution in [0.2, 0.25) is 0 Å². The minimum Gasteiger partial charge on any atom is -0.481 e. The van der Waals surface area contributed by atoms with Crippen LogP contribution in [0.25, 0.3) is 0 Å². The molecule has 2 heterocycles. The SMILES string of the molecule is O=C[C@H]1[C@@H](C/C=C\CCCC(=O)O)[C@H]2CC[C@@H]1O2. The zero-order chi connectivity index (χ0) is 13.0. The maximum atomic E-state index is 11.0. The van der Waals surface area contributed by atoms with Gasteiger partial charge in [0.2, 0.25) is 0 Å². The number of unbranched alkanes of at least 4 members (excludes halogenated alkanes) is 1. The molecule has 2 saturated heterocycles. The van der Waals surface area contributed by atoms with Crippen molar-refractivity contribution in [1.82, 2.24) is 0 Å². The first kappa shape index (κ1) is 13.3. The number of fused-ring (bicyclic) bond motifs is 2. The largest absolute Gasteiger partial charge is 0.481 e. The smallest absolute Gasteiger partial charge is 0.303 e. The lowest BCUT2D eigenvalue weighted by molar-refractivity contribution is -0.137. The van der Waals surface area contributed by atoms with E-state index in [9.17, 15) is 9.59 Å². The highest BCUT2D eigenvalue weighted by atomic mass is 16.5. The number of ether oxygens (including phenoxy) is 1. The molecule has 1 N–H and O–H groups in total. The molecule has 2 fully saturated rings. The Kier molecular flexibility index (Phi) is 4.53. The summed E-state index contributed by atoms with van der Waals surface area (Å²) in [6, 6.07) is 0. The van der Waals surface area contributed by atoms with Gasteiger partial charge in [-0.05, 0) is 32.1 Å². The minimum absolute atomic E-state index is 0.0624. The third kappa shape index (κ3) is 2.99. The second-order valence-corrected chi connectivity index (χ2v) is 5.16. The molecule has 18 heavy (non-hydrogen) atoms. The van der Waals surface area contributed by atoms with Crippen molar-refractivity contribution in [2.24, 2.45) is 11.8 Å². The number of carboxylic acid groups (broad SMARTS) is 1. The highest BCUT2D eigenvalue weighted by Gasteiger charge is 2.47. The van der Waals surface area contributed by atoms with Gasteiger partial charge in [-0.15, -0.1) is 0 Å². The van der Waals surface area contributed by atoms with Crippen LogP contribution >= 0.6 is 0 Å². The van der Waals surface area contributed by atoms with Crippen molar-refractivity contribution < 1.29 is 19.4 Å². The van der Waals surface area contributed by atoms with Gasteiger partial charge in [0.25, 0.3) is 0 Å². The van der Waals surface area contributed by atoms with Crippen molar-refractivity contribution in [3.05, 3.63) is 12.2 Å². The van der Waals surface area contributed by atoms with Gasteiger partial charge in [0, 0.05) is 18.3 Å². The van der Waals surface area contributed by atoms with Crippen molar-refractivity contribution >= 4 is 12.3 Å². The molecule has 0 aromatic heterocycles. The standard InChI is InChI=1S/C14H20O4/c15-9-11-10(12-7-8-13(11)18-12)5-3-1-2-4-6-14(16)17/h1,3,9-13H,2,4-8H2,(H,16,17)/b3-1-/t10-,11+,12-,13+/m1/s1. The fourth-order valence-electron chi connectivity index (χ4n) is 3.05. The average molecular weight is 252 g/mol. The lowest BCUT2D eigenvalue weighted by Crippen LogP contribution is -2.27. The van der Waals surface area contributed by atoms with E-state index in [0.29, 0.717) is 12.3 Å². The van der Waals surface area contributed by atoms with Gasteiger partial charge in [-0.3, -0.25) is 4.79 Å². The number of carbonyl (C=O) groups is 2. The van der Waals surface area contributed by atoms with E-state index < -0.39 is 5.97 Å². The summed E-state index contributed by atoms with van der Waals surface area (Å²) in [6.45, 7) is 0. The first-order valence-electron chi connectivity index (χ1n) is 6.70. The fraction of sp³-hybridized carbons (Fsp3) is 0.714. The van der Waals surface area contributed by atoms with E-state index in [2.05, 4.69) is 6.08 Å². The molecule has 0 unspecified atom stereocenters. The molecule has 2 aliphatic heterocycles. The molecule has 2 aliphatic rings. The highest BCUT2D eigenvalue weighted by Crippen LogP contribution is 2.44. The third-order valence-corrected chi connectivity index (χ3v) is 3.98. The first-order valence-corrected chi connectivity index (χ1v) is 6.70. The topological polar surface area (TPSA) is 63.6 Å². The second kappa shape index (κ2) is 6.14. The van der Waals surface area contributed by atoms with Gasteiger partial charge in [0.1, 0.15) is 6.29 Å². The number of carboxylic acids is 1. The number of carbonyl (C=O) groups excluding carboxylic acids is 1. The maximum Gasteiger partial charge on any atom is 0.303 e. The summed E-state index contributed by atoms with van der Waals surface area (Å²) in [5, 5.41) is 8.50. The van der Waals surface area contributed by atoms with E-state index >= 15 is 0 Å². The van der Waals surface area contributed by atoms with E-state index in [1.54, 1.807) is 0 Å². The van der Waals surface area contributed by atoms with E-state index in [1.807, 2.05) is 6.08 Å². The summed E-state index contributed by atoms with van der Waals surface area (Å²) in [7, 11) is 0. The van der Waals surface area contributed by atoms with Crippen molar-refractivity contribution in [2.75, 3.05) is 0 Å². The molecule has 2 bridgehead atoms. The van der Waals surface area contributed by atoms with Gasteiger partial charge in [-0.25, -0.2) is 0 Å². The lowest BCUT2D eigenvalue weighted by atomic mass is 9.78. The summed E-state index contributed by atoms with van der Waals surface area (Å²) in [6.07, 6.45) is 10.2. The maximum absolute atomic E-state index is 11.0. The number of rotatable bonds is 7. The molecule has 0 aliphatic carbocycles. The Morgan fingerprint density at radius 3 is 2.78 bits per heavy atom. The molecule has 0 radical (unpaired) electrons. The van der Waals surface area contributed by atoms with Crippen LogP contribution in [-0.2, 0) is 14.3 Å². The summed E-state index contributed by atoms with van der Waals surface area (Å²) in [4.78, 5) is 21.4. The van der Waals surface area contributed by atoms with Gasteiger partial charge in [0.05, 0.1) is 12.2 Å². The van der Waals surface area contributed by atoms with Crippen LogP contribution < -0.4 is 0 Å². The quantitative estimate of drug-likeness (QED) is 0.428. The molecule has 0 spiro atoms. The summed E-state index contributed by atoms with van der Waals surface area (Å²) in [5.41, 5.74) is 0. The fourth-order valence-corrected chi connectivity index (χ4v) is 3.05. The molecule has 2 rings (SSSR count). The number of aliphatic carboxylic acids is 1. The summed E-state index contributed by atoms with van der Waals surface area (Å²) >= 11 is 0. The first-order chi connectivity index (χ1) is 8.72. The monoisotopic (exact) mass is 252 g/mol. The number of aldehydes is 1. The summed E-state index contributed by atoms with van der Waals surface area (Å²) in [5.74, 6) is -0.352. The Labute approximate surface area is 107 Å². The van der Waals surface area contributed by atoms with E-state index in [-0.39, 0.29) is 24.5 Å². The van der Waals surface area contributed by atoms with Gasteiger partial charge in [0.15, 0.2) is 0 Å². The normalized spacial score (nSPS) is 34.2. The molecule has 4 heteroatoms. The van der Waals surface area contributed by atoms with Gasteiger partial charge in [-0.2, -0.15) is 0 Å². The molecular weight excluding hydrogens is 232 g/mol.